The Bertz CT molecular complexity index is 380. The molecule has 2 rings (SSSR count). The van der Waals surface area contributed by atoms with E-state index in [0.717, 1.165) is 32.4 Å². The lowest BCUT2D eigenvalue weighted by molar-refractivity contribution is -0.121. The Morgan fingerprint density at radius 2 is 2.17 bits per heavy atom. The predicted octanol–water partition coefficient (Wildman–Crippen LogP) is 1.80. The molecule has 18 heavy (non-hydrogen) atoms. The Balaban J connectivity index is 1.72. The van der Waals surface area contributed by atoms with Gasteiger partial charge in [-0.15, -0.1) is 0 Å². The topological polar surface area (TPSA) is 41.1 Å². The standard InChI is InChI=1S/C15H22N2O/c1-12-4-6-13(7-5-12)8-9-15(18)17-14-3-2-10-16-11-14/h4-7,14,16H,2-3,8-11H2,1H3,(H,17,18). The number of aryl methyl sites for hydroxylation is 2. The molecule has 1 atom stereocenters. The fourth-order valence-corrected chi connectivity index (χ4v) is 2.29. The van der Waals surface area contributed by atoms with Crippen molar-refractivity contribution in [3.05, 3.63) is 35.4 Å². The molecule has 1 aliphatic rings. The first-order valence-electron chi connectivity index (χ1n) is 6.79. The smallest absolute Gasteiger partial charge is 0.220 e. The molecule has 98 valence electrons. The third-order valence-corrected chi connectivity index (χ3v) is 3.42. The fourth-order valence-electron chi connectivity index (χ4n) is 2.29. The number of benzene rings is 1. The Hall–Kier alpha value is -1.35. The highest BCUT2D eigenvalue weighted by Crippen LogP contribution is 2.06. The van der Waals surface area contributed by atoms with E-state index in [-0.39, 0.29) is 5.91 Å². The minimum atomic E-state index is 0.171. The lowest BCUT2D eigenvalue weighted by Crippen LogP contribution is -2.45. The van der Waals surface area contributed by atoms with Crippen molar-refractivity contribution < 1.29 is 4.79 Å². The molecular formula is C15H22N2O. The molecule has 1 heterocycles. The van der Waals surface area contributed by atoms with Crippen molar-refractivity contribution in [3.63, 3.8) is 0 Å². The SMILES string of the molecule is Cc1ccc(CCC(=O)NC2CCCNC2)cc1. The third-order valence-electron chi connectivity index (χ3n) is 3.42. The average Bonchev–Trinajstić information content (AvgIpc) is 2.39. The number of amides is 1. The van der Waals surface area contributed by atoms with Gasteiger partial charge in [0.25, 0.3) is 0 Å². The molecule has 1 saturated heterocycles. The average molecular weight is 246 g/mol. The zero-order valence-corrected chi connectivity index (χ0v) is 11.0. The molecule has 1 fully saturated rings. The van der Waals surface area contributed by atoms with Gasteiger partial charge in [0.05, 0.1) is 0 Å². The van der Waals surface area contributed by atoms with Gasteiger partial charge in [0.2, 0.25) is 5.91 Å². The summed E-state index contributed by atoms with van der Waals surface area (Å²) in [6, 6.07) is 8.72. The minimum Gasteiger partial charge on any atom is -0.352 e. The van der Waals surface area contributed by atoms with Gasteiger partial charge in [0.15, 0.2) is 0 Å². The lowest BCUT2D eigenvalue weighted by atomic mass is 10.1. The molecule has 1 amide bonds. The Labute approximate surface area is 109 Å². The largest absolute Gasteiger partial charge is 0.352 e. The van der Waals surface area contributed by atoms with E-state index in [0.29, 0.717) is 12.5 Å². The summed E-state index contributed by atoms with van der Waals surface area (Å²) in [7, 11) is 0. The van der Waals surface area contributed by atoms with Gasteiger partial charge in [-0.25, -0.2) is 0 Å². The van der Waals surface area contributed by atoms with Crippen molar-refractivity contribution in [2.24, 2.45) is 0 Å². The van der Waals surface area contributed by atoms with Crippen LogP contribution in [0.5, 0.6) is 0 Å². The molecule has 1 aliphatic heterocycles. The summed E-state index contributed by atoms with van der Waals surface area (Å²) in [5.74, 6) is 0.171. The number of rotatable bonds is 4. The molecule has 0 spiro atoms. The maximum absolute atomic E-state index is 11.8. The summed E-state index contributed by atoms with van der Waals surface area (Å²) in [6.07, 6.45) is 3.66. The number of nitrogens with one attached hydrogen (secondary N) is 2. The fraction of sp³-hybridized carbons (Fsp3) is 0.533. The van der Waals surface area contributed by atoms with Crippen LogP contribution in [0.1, 0.15) is 30.4 Å². The second-order valence-electron chi connectivity index (χ2n) is 5.10. The second kappa shape index (κ2) is 6.55. The highest BCUT2D eigenvalue weighted by molar-refractivity contribution is 5.76. The van der Waals surface area contributed by atoms with Crippen LogP contribution >= 0.6 is 0 Å². The molecule has 1 aromatic rings. The first kappa shape index (κ1) is 13.1. The number of carbonyl (C=O) groups is 1. The quantitative estimate of drug-likeness (QED) is 0.850. The second-order valence-corrected chi connectivity index (χ2v) is 5.10. The molecule has 0 aliphatic carbocycles. The van der Waals surface area contributed by atoms with Crippen molar-refractivity contribution in [1.29, 1.82) is 0 Å². The first-order valence-corrected chi connectivity index (χ1v) is 6.79. The molecule has 3 heteroatoms. The number of hydrogen-bond donors (Lipinski definition) is 2. The van der Waals surface area contributed by atoms with Crippen molar-refractivity contribution in [3.8, 4) is 0 Å². The normalized spacial score (nSPS) is 19.5. The van der Waals surface area contributed by atoms with Crippen LogP contribution in [-0.4, -0.2) is 25.0 Å². The lowest BCUT2D eigenvalue weighted by Gasteiger charge is -2.23. The van der Waals surface area contributed by atoms with Gasteiger partial charge in [-0.1, -0.05) is 29.8 Å². The van der Waals surface area contributed by atoms with Gasteiger partial charge in [-0.3, -0.25) is 4.79 Å². The summed E-state index contributed by atoms with van der Waals surface area (Å²) < 4.78 is 0. The molecule has 3 nitrogen and oxygen atoms in total. The van der Waals surface area contributed by atoms with Gasteiger partial charge < -0.3 is 10.6 Å². The van der Waals surface area contributed by atoms with E-state index in [1.807, 2.05) is 0 Å². The van der Waals surface area contributed by atoms with Crippen LogP contribution in [0.2, 0.25) is 0 Å². The molecule has 0 aromatic heterocycles. The highest BCUT2D eigenvalue weighted by atomic mass is 16.1. The molecule has 0 saturated carbocycles. The summed E-state index contributed by atoms with van der Waals surface area (Å²) in [4.78, 5) is 11.8. The van der Waals surface area contributed by atoms with E-state index in [1.165, 1.54) is 11.1 Å². The van der Waals surface area contributed by atoms with Crippen LogP contribution in [0.15, 0.2) is 24.3 Å². The molecule has 0 radical (unpaired) electrons. The molecule has 1 unspecified atom stereocenters. The number of carbonyl (C=O) groups excluding carboxylic acids is 1. The Morgan fingerprint density at radius 3 is 2.83 bits per heavy atom. The van der Waals surface area contributed by atoms with E-state index in [9.17, 15) is 4.79 Å². The van der Waals surface area contributed by atoms with Crippen LogP contribution in [-0.2, 0) is 11.2 Å². The van der Waals surface area contributed by atoms with Gasteiger partial charge in [-0.2, -0.15) is 0 Å². The molecule has 2 N–H and O–H groups in total. The highest BCUT2D eigenvalue weighted by Gasteiger charge is 2.14. The van der Waals surface area contributed by atoms with Crippen molar-refractivity contribution in [2.75, 3.05) is 13.1 Å². The van der Waals surface area contributed by atoms with Crippen molar-refractivity contribution in [1.82, 2.24) is 10.6 Å². The monoisotopic (exact) mass is 246 g/mol. The maximum atomic E-state index is 11.8. The minimum absolute atomic E-state index is 0.171. The van der Waals surface area contributed by atoms with Crippen molar-refractivity contribution >= 4 is 5.91 Å². The summed E-state index contributed by atoms with van der Waals surface area (Å²) in [5.41, 5.74) is 2.49. The maximum Gasteiger partial charge on any atom is 0.220 e. The van der Waals surface area contributed by atoms with Crippen LogP contribution < -0.4 is 10.6 Å². The van der Waals surface area contributed by atoms with Gasteiger partial charge in [0, 0.05) is 19.0 Å². The zero-order valence-electron chi connectivity index (χ0n) is 11.0. The van der Waals surface area contributed by atoms with Crippen LogP contribution in [0.25, 0.3) is 0 Å². The zero-order chi connectivity index (χ0) is 12.8. The number of piperidine rings is 1. The molecule has 1 aromatic carbocycles. The van der Waals surface area contributed by atoms with Crippen LogP contribution in [0.4, 0.5) is 0 Å². The van der Waals surface area contributed by atoms with Gasteiger partial charge >= 0.3 is 0 Å². The van der Waals surface area contributed by atoms with Gasteiger partial charge in [0.1, 0.15) is 0 Å². The summed E-state index contributed by atoms with van der Waals surface area (Å²) >= 11 is 0. The third kappa shape index (κ3) is 4.15. The summed E-state index contributed by atoms with van der Waals surface area (Å²) in [6.45, 7) is 4.07. The van der Waals surface area contributed by atoms with E-state index < -0.39 is 0 Å². The van der Waals surface area contributed by atoms with E-state index in [2.05, 4.69) is 41.8 Å². The van der Waals surface area contributed by atoms with Crippen LogP contribution in [0.3, 0.4) is 0 Å². The Morgan fingerprint density at radius 1 is 1.39 bits per heavy atom. The van der Waals surface area contributed by atoms with E-state index >= 15 is 0 Å². The Kier molecular flexibility index (Phi) is 4.76. The van der Waals surface area contributed by atoms with Crippen LogP contribution in [0, 0.1) is 6.92 Å². The summed E-state index contributed by atoms with van der Waals surface area (Å²) in [5, 5.41) is 6.40. The van der Waals surface area contributed by atoms with Crippen molar-refractivity contribution in [2.45, 2.75) is 38.6 Å². The molecular weight excluding hydrogens is 224 g/mol. The van der Waals surface area contributed by atoms with Gasteiger partial charge in [-0.05, 0) is 38.3 Å². The predicted molar refractivity (Wildman–Crippen MR) is 73.5 cm³/mol. The number of hydrogen-bond acceptors (Lipinski definition) is 2. The van der Waals surface area contributed by atoms with E-state index in [1.54, 1.807) is 0 Å². The molecule has 0 bridgehead atoms. The first-order chi connectivity index (χ1) is 8.74. The van der Waals surface area contributed by atoms with E-state index in [4.69, 9.17) is 0 Å².